The monoisotopic (exact) mass is 499 g/mol. The van der Waals surface area contributed by atoms with Gasteiger partial charge in [0.1, 0.15) is 18.0 Å². The molecule has 194 valence electrons. The van der Waals surface area contributed by atoms with Gasteiger partial charge in [0.25, 0.3) is 0 Å². The zero-order valence-corrected chi connectivity index (χ0v) is 21.2. The van der Waals surface area contributed by atoms with E-state index in [1.807, 2.05) is 18.7 Å². The topological polar surface area (TPSA) is 119 Å². The first-order valence-electron chi connectivity index (χ1n) is 12.6. The van der Waals surface area contributed by atoms with Crippen molar-refractivity contribution in [3.05, 3.63) is 34.3 Å². The van der Waals surface area contributed by atoms with Crippen LogP contribution >= 0.6 is 0 Å². The van der Waals surface area contributed by atoms with E-state index in [9.17, 15) is 24.3 Å². The summed E-state index contributed by atoms with van der Waals surface area (Å²) in [6.07, 6.45) is 2.87. The highest BCUT2D eigenvalue weighted by atomic mass is 16.6. The standard InChI is InChI=1S/C27H33NO8/c1-14(29)35-17-11-26(2)16(7-8-18(26)30)20-22(17)27(3)19(13-34-4)36-25(33)15(12-28-9-5-6-10-28)21(27)24(32)23(20)31/h12,16-17,19,32H,5-11,13H2,1-4H3. The zero-order valence-electron chi connectivity index (χ0n) is 21.2. The van der Waals surface area contributed by atoms with Crippen molar-refractivity contribution in [1.29, 1.82) is 0 Å². The van der Waals surface area contributed by atoms with Crippen LogP contribution in [0.15, 0.2) is 34.3 Å². The number of carbonyl (C=O) groups excluding carboxylic acids is 4. The maximum Gasteiger partial charge on any atom is 0.340 e. The Morgan fingerprint density at radius 3 is 2.56 bits per heavy atom. The average Bonchev–Trinajstić information content (AvgIpc) is 3.42. The summed E-state index contributed by atoms with van der Waals surface area (Å²) in [5.41, 5.74) is -0.962. The van der Waals surface area contributed by atoms with Crippen LogP contribution in [0.5, 0.6) is 0 Å². The lowest BCUT2D eigenvalue weighted by atomic mass is 9.53. The fourth-order valence-electron chi connectivity index (χ4n) is 7.14. The van der Waals surface area contributed by atoms with Gasteiger partial charge in [-0.2, -0.15) is 0 Å². The van der Waals surface area contributed by atoms with Crippen molar-refractivity contribution >= 4 is 23.5 Å². The Kier molecular flexibility index (Phi) is 5.89. The van der Waals surface area contributed by atoms with Crippen molar-refractivity contribution in [1.82, 2.24) is 4.90 Å². The van der Waals surface area contributed by atoms with Gasteiger partial charge >= 0.3 is 11.9 Å². The van der Waals surface area contributed by atoms with Gasteiger partial charge in [-0.25, -0.2) is 4.79 Å². The highest BCUT2D eigenvalue weighted by Gasteiger charge is 2.64. The van der Waals surface area contributed by atoms with Gasteiger partial charge in [0.05, 0.1) is 17.6 Å². The smallest absolute Gasteiger partial charge is 0.340 e. The van der Waals surface area contributed by atoms with Gasteiger partial charge in [-0.3, -0.25) is 14.4 Å². The van der Waals surface area contributed by atoms with Crippen LogP contribution in [0.3, 0.4) is 0 Å². The molecule has 2 saturated heterocycles. The SMILES string of the molecule is COCC1OC(=O)C(=CN2CCCC2)C2=C(O)C(=O)C3=C(C(OC(C)=O)CC4(C)C(=O)CCC34)C21C. The number of hydrogen-bond acceptors (Lipinski definition) is 9. The molecule has 0 spiro atoms. The van der Waals surface area contributed by atoms with Gasteiger partial charge in [-0.15, -0.1) is 0 Å². The Bertz CT molecular complexity index is 1140. The van der Waals surface area contributed by atoms with Gasteiger partial charge in [0, 0.05) is 68.6 Å². The number of aliphatic hydroxyl groups is 1. The van der Waals surface area contributed by atoms with Crippen LogP contribution in [0, 0.1) is 16.7 Å². The molecule has 1 N–H and O–H groups in total. The van der Waals surface area contributed by atoms with E-state index in [0.717, 1.165) is 25.9 Å². The van der Waals surface area contributed by atoms with Crippen LogP contribution in [-0.4, -0.2) is 72.5 Å². The molecule has 0 aromatic heterocycles. The molecule has 9 nitrogen and oxygen atoms in total. The maximum atomic E-state index is 13.9. The molecule has 2 aliphatic heterocycles. The first kappa shape index (κ1) is 24.7. The molecule has 3 fully saturated rings. The molecule has 5 rings (SSSR count). The Balaban J connectivity index is 1.77. The summed E-state index contributed by atoms with van der Waals surface area (Å²) < 4.78 is 17.1. The minimum Gasteiger partial charge on any atom is -0.504 e. The van der Waals surface area contributed by atoms with E-state index in [0.29, 0.717) is 24.0 Å². The molecule has 5 atom stereocenters. The number of fused-ring (bicyclic) bond motifs is 4. The van der Waals surface area contributed by atoms with Crippen molar-refractivity contribution in [2.45, 2.75) is 65.1 Å². The van der Waals surface area contributed by atoms with Crippen molar-refractivity contribution in [3.63, 3.8) is 0 Å². The van der Waals surface area contributed by atoms with E-state index < -0.39 is 52.4 Å². The number of methoxy groups -OCH3 is 1. The minimum atomic E-state index is -1.20. The predicted octanol–water partition coefficient (Wildman–Crippen LogP) is 2.56. The van der Waals surface area contributed by atoms with Crippen LogP contribution in [-0.2, 0) is 33.4 Å². The number of esters is 2. The van der Waals surface area contributed by atoms with Gasteiger partial charge in [-0.05, 0) is 31.8 Å². The molecule has 36 heavy (non-hydrogen) atoms. The summed E-state index contributed by atoms with van der Waals surface area (Å²) in [5, 5.41) is 11.5. The molecule has 0 aromatic carbocycles. The number of Topliss-reactive ketones (excluding diaryl/α,β-unsaturated/α-hetero) is 2. The average molecular weight is 500 g/mol. The Morgan fingerprint density at radius 2 is 1.92 bits per heavy atom. The summed E-state index contributed by atoms with van der Waals surface area (Å²) in [5.74, 6) is -2.71. The second kappa shape index (κ2) is 8.57. The van der Waals surface area contributed by atoms with Crippen LogP contribution in [0.4, 0.5) is 0 Å². The van der Waals surface area contributed by atoms with Crippen LogP contribution in [0.2, 0.25) is 0 Å². The zero-order chi connectivity index (χ0) is 26.0. The lowest BCUT2D eigenvalue weighted by Crippen LogP contribution is -2.57. The summed E-state index contributed by atoms with van der Waals surface area (Å²) in [7, 11) is 1.48. The number of ketones is 2. The van der Waals surface area contributed by atoms with Gasteiger partial charge < -0.3 is 24.2 Å². The maximum absolute atomic E-state index is 13.9. The third kappa shape index (κ3) is 3.38. The van der Waals surface area contributed by atoms with E-state index in [-0.39, 0.29) is 30.0 Å². The lowest BCUT2D eigenvalue weighted by Gasteiger charge is -2.53. The van der Waals surface area contributed by atoms with Gasteiger partial charge in [-0.1, -0.05) is 6.92 Å². The third-order valence-electron chi connectivity index (χ3n) is 8.87. The normalized spacial score (nSPS) is 37.2. The number of carbonyl (C=O) groups is 4. The van der Waals surface area contributed by atoms with Crippen molar-refractivity contribution < 1.29 is 38.5 Å². The molecule has 5 unspecified atom stereocenters. The number of allylic oxidation sites excluding steroid dienone is 1. The van der Waals surface area contributed by atoms with Crippen molar-refractivity contribution in [2.75, 3.05) is 26.8 Å². The molecule has 0 radical (unpaired) electrons. The molecule has 0 aromatic rings. The quantitative estimate of drug-likeness (QED) is 0.460. The molecule has 0 bridgehead atoms. The van der Waals surface area contributed by atoms with Crippen molar-refractivity contribution in [3.8, 4) is 0 Å². The second-order valence-corrected chi connectivity index (χ2v) is 11.0. The van der Waals surface area contributed by atoms with E-state index in [4.69, 9.17) is 14.2 Å². The molecule has 2 heterocycles. The number of ether oxygens (including phenoxy) is 3. The van der Waals surface area contributed by atoms with Crippen molar-refractivity contribution in [2.24, 2.45) is 16.7 Å². The summed E-state index contributed by atoms with van der Waals surface area (Å²) in [6, 6.07) is 0. The second-order valence-electron chi connectivity index (χ2n) is 11.0. The van der Waals surface area contributed by atoms with Crippen LogP contribution in [0.25, 0.3) is 0 Å². The minimum absolute atomic E-state index is 0.00857. The largest absolute Gasteiger partial charge is 0.504 e. The summed E-state index contributed by atoms with van der Waals surface area (Å²) >= 11 is 0. The van der Waals surface area contributed by atoms with E-state index in [1.165, 1.54) is 14.0 Å². The molecule has 1 saturated carbocycles. The first-order valence-corrected chi connectivity index (χ1v) is 12.6. The fourth-order valence-corrected chi connectivity index (χ4v) is 7.14. The number of nitrogens with zero attached hydrogens (tertiary/aromatic N) is 1. The Labute approximate surface area is 210 Å². The summed E-state index contributed by atoms with van der Waals surface area (Å²) in [6.45, 7) is 6.43. The van der Waals surface area contributed by atoms with Gasteiger partial charge in [0.2, 0.25) is 5.78 Å². The molecule has 9 heteroatoms. The summed E-state index contributed by atoms with van der Waals surface area (Å²) in [4.78, 5) is 54.3. The first-order chi connectivity index (χ1) is 17.0. The molecular weight excluding hydrogens is 466 g/mol. The lowest BCUT2D eigenvalue weighted by molar-refractivity contribution is -0.160. The molecular formula is C27H33NO8. The van der Waals surface area contributed by atoms with E-state index in [2.05, 4.69) is 0 Å². The molecule has 0 amide bonds. The van der Waals surface area contributed by atoms with Crippen LogP contribution in [0.1, 0.15) is 52.9 Å². The molecule has 3 aliphatic carbocycles. The van der Waals surface area contributed by atoms with Crippen LogP contribution < -0.4 is 0 Å². The Hall–Kier alpha value is -2.94. The van der Waals surface area contributed by atoms with E-state index in [1.54, 1.807) is 6.20 Å². The number of hydrogen-bond donors (Lipinski definition) is 1. The van der Waals surface area contributed by atoms with Gasteiger partial charge in [0.15, 0.2) is 5.76 Å². The number of likely N-dealkylation sites (tertiary alicyclic amines) is 1. The molecule has 5 aliphatic rings. The highest BCUT2D eigenvalue weighted by molar-refractivity contribution is 6.14. The predicted molar refractivity (Wildman–Crippen MR) is 126 cm³/mol. The third-order valence-corrected chi connectivity index (χ3v) is 8.87. The Morgan fingerprint density at radius 1 is 1.22 bits per heavy atom. The fraction of sp³-hybridized carbons (Fsp3) is 0.630. The number of rotatable bonds is 4. The number of aliphatic hydroxyl groups excluding tert-OH is 1. The highest BCUT2D eigenvalue weighted by Crippen LogP contribution is 2.62. The number of cyclic esters (lactones) is 1. The van der Waals surface area contributed by atoms with E-state index >= 15 is 0 Å².